The maximum atomic E-state index is 13.1. The van der Waals surface area contributed by atoms with E-state index in [4.69, 9.17) is 4.74 Å². The highest BCUT2D eigenvalue weighted by molar-refractivity contribution is 5.23. The van der Waals surface area contributed by atoms with Gasteiger partial charge in [-0.15, -0.1) is 0 Å². The summed E-state index contributed by atoms with van der Waals surface area (Å²) in [6.07, 6.45) is 0.995. The van der Waals surface area contributed by atoms with Crippen molar-refractivity contribution in [2.45, 2.75) is 12.3 Å². The molecule has 0 bridgehead atoms. The zero-order valence-electron chi connectivity index (χ0n) is 9.96. The van der Waals surface area contributed by atoms with Gasteiger partial charge in [0, 0.05) is 20.2 Å². The molecule has 1 aromatic rings. The minimum atomic E-state index is -0.775. The predicted molar refractivity (Wildman–Crippen MR) is 62.0 cm³/mol. The van der Waals surface area contributed by atoms with E-state index < -0.39 is 11.6 Å². The average Bonchev–Trinajstić information content (AvgIpc) is 2.79. The summed E-state index contributed by atoms with van der Waals surface area (Å²) in [4.78, 5) is 2.29. The van der Waals surface area contributed by atoms with Crippen LogP contribution in [0.25, 0.3) is 0 Å². The summed E-state index contributed by atoms with van der Waals surface area (Å²) in [6.45, 7) is 3.50. The van der Waals surface area contributed by atoms with Gasteiger partial charge in [0.05, 0.1) is 6.61 Å². The van der Waals surface area contributed by atoms with Crippen molar-refractivity contribution in [1.82, 2.24) is 4.90 Å². The van der Waals surface area contributed by atoms with Crippen LogP contribution in [0, 0.1) is 11.6 Å². The van der Waals surface area contributed by atoms with Crippen molar-refractivity contribution in [3.8, 4) is 0 Å². The molecule has 1 saturated heterocycles. The van der Waals surface area contributed by atoms with Crippen LogP contribution in [-0.4, -0.2) is 38.3 Å². The molecular formula is C13H17F2NO. The van der Waals surface area contributed by atoms with Crippen molar-refractivity contribution < 1.29 is 13.5 Å². The van der Waals surface area contributed by atoms with Crippen LogP contribution in [0.1, 0.15) is 17.9 Å². The molecule has 0 amide bonds. The first-order valence-corrected chi connectivity index (χ1v) is 5.87. The van der Waals surface area contributed by atoms with Crippen molar-refractivity contribution in [3.63, 3.8) is 0 Å². The lowest BCUT2D eigenvalue weighted by atomic mass is 9.98. The van der Waals surface area contributed by atoms with E-state index in [1.807, 2.05) is 0 Å². The molecule has 0 unspecified atom stereocenters. The lowest BCUT2D eigenvalue weighted by Gasteiger charge is -2.15. The highest BCUT2D eigenvalue weighted by Crippen LogP contribution is 2.27. The minimum Gasteiger partial charge on any atom is -0.383 e. The summed E-state index contributed by atoms with van der Waals surface area (Å²) in [5.74, 6) is -1.22. The summed E-state index contributed by atoms with van der Waals surface area (Å²) in [6, 6.07) is 4.21. The first kappa shape index (κ1) is 12.5. The largest absolute Gasteiger partial charge is 0.383 e. The second kappa shape index (κ2) is 5.56. The molecule has 1 heterocycles. The van der Waals surface area contributed by atoms with Crippen LogP contribution in [-0.2, 0) is 4.74 Å². The second-order valence-electron chi connectivity index (χ2n) is 4.45. The molecule has 0 aliphatic carbocycles. The van der Waals surface area contributed by atoms with Gasteiger partial charge < -0.3 is 9.64 Å². The number of nitrogens with zero attached hydrogens (tertiary/aromatic N) is 1. The fraction of sp³-hybridized carbons (Fsp3) is 0.538. The zero-order chi connectivity index (χ0) is 12.3. The first-order chi connectivity index (χ1) is 8.20. The minimum absolute atomic E-state index is 0.307. The third-order valence-corrected chi connectivity index (χ3v) is 3.30. The summed E-state index contributed by atoms with van der Waals surface area (Å²) in [5, 5.41) is 0. The SMILES string of the molecule is COCCN1CC[C@H](c2ccc(F)c(F)c2)C1. The maximum Gasteiger partial charge on any atom is 0.159 e. The van der Waals surface area contributed by atoms with E-state index in [1.54, 1.807) is 13.2 Å². The van der Waals surface area contributed by atoms with Gasteiger partial charge in [-0.05, 0) is 36.6 Å². The van der Waals surface area contributed by atoms with Gasteiger partial charge in [-0.3, -0.25) is 0 Å². The maximum absolute atomic E-state index is 13.1. The number of benzene rings is 1. The van der Waals surface area contributed by atoms with Crippen LogP contribution >= 0.6 is 0 Å². The number of ether oxygens (including phenoxy) is 1. The highest BCUT2D eigenvalue weighted by atomic mass is 19.2. The fourth-order valence-corrected chi connectivity index (χ4v) is 2.29. The van der Waals surface area contributed by atoms with Crippen LogP contribution in [0.4, 0.5) is 8.78 Å². The summed E-state index contributed by atoms with van der Waals surface area (Å²) < 4.78 is 31.0. The monoisotopic (exact) mass is 241 g/mol. The Kier molecular flexibility index (Phi) is 4.07. The molecule has 1 aromatic carbocycles. The van der Waals surface area contributed by atoms with Crippen LogP contribution in [0.3, 0.4) is 0 Å². The molecule has 0 saturated carbocycles. The molecule has 17 heavy (non-hydrogen) atoms. The van der Waals surface area contributed by atoms with E-state index in [1.165, 1.54) is 12.1 Å². The van der Waals surface area contributed by atoms with E-state index in [-0.39, 0.29) is 0 Å². The summed E-state index contributed by atoms with van der Waals surface area (Å²) in [7, 11) is 1.68. The Morgan fingerprint density at radius 1 is 1.35 bits per heavy atom. The van der Waals surface area contributed by atoms with E-state index in [0.717, 1.165) is 31.6 Å². The van der Waals surface area contributed by atoms with Crippen molar-refractivity contribution in [2.75, 3.05) is 33.4 Å². The van der Waals surface area contributed by atoms with E-state index >= 15 is 0 Å². The summed E-state index contributed by atoms with van der Waals surface area (Å²) in [5.41, 5.74) is 0.892. The molecule has 0 aromatic heterocycles. The molecular weight excluding hydrogens is 224 g/mol. The standard InChI is InChI=1S/C13H17F2NO/c1-17-7-6-16-5-4-11(9-16)10-2-3-12(14)13(15)8-10/h2-3,8,11H,4-7,9H2,1H3/t11-/m0/s1. The van der Waals surface area contributed by atoms with Crippen molar-refractivity contribution in [1.29, 1.82) is 0 Å². The van der Waals surface area contributed by atoms with E-state index in [2.05, 4.69) is 4.90 Å². The molecule has 0 radical (unpaired) electrons. The Bertz CT molecular complexity index is 384. The molecule has 2 rings (SSSR count). The third-order valence-electron chi connectivity index (χ3n) is 3.30. The number of hydrogen-bond acceptors (Lipinski definition) is 2. The molecule has 94 valence electrons. The molecule has 0 spiro atoms. The van der Waals surface area contributed by atoms with Gasteiger partial charge in [0.2, 0.25) is 0 Å². The van der Waals surface area contributed by atoms with Crippen molar-refractivity contribution in [3.05, 3.63) is 35.4 Å². The van der Waals surface area contributed by atoms with Gasteiger partial charge in [-0.25, -0.2) is 8.78 Å². The van der Waals surface area contributed by atoms with E-state index in [0.29, 0.717) is 12.5 Å². The van der Waals surface area contributed by atoms with Gasteiger partial charge in [0.15, 0.2) is 11.6 Å². The average molecular weight is 241 g/mol. The molecule has 1 fully saturated rings. The Morgan fingerprint density at radius 2 is 2.18 bits per heavy atom. The second-order valence-corrected chi connectivity index (χ2v) is 4.45. The number of methoxy groups -OCH3 is 1. The normalized spacial score (nSPS) is 21.0. The topological polar surface area (TPSA) is 12.5 Å². The molecule has 1 aliphatic rings. The zero-order valence-corrected chi connectivity index (χ0v) is 9.96. The number of halogens is 2. The quantitative estimate of drug-likeness (QED) is 0.802. The highest BCUT2D eigenvalue weighted by Gasteiger charge is 2.24. The molecule has 0 N–H and O–H groups in total. The number of hydrogen-bond donors (Lipinski definition) is 0. The lowest BCUT2D eigenvalue weighted by Crippen LogP contribution is -2.24. The lowest BCUT2D eigenvalue weighted by molar-refractivity contribution is 0.160. The molecule has 2 nitrogen and oxygen atoms in total. The Hall–Kier alpha value is -1.00. The molecule has 1 atom stereocenters. The van der Waals surface area contributed by atoms with Crippen molar-refractivity contribution in [2.24, 2.45) is 0 Å². The van der Waals surface area contributed by atoms with Gasteiger partial charge in [-0.1, -0.05) is 6.07 Å². The van der Waals surface area contributed by atoms with E-state index in [9.17, 15) is 8.78 Å². The van der Waals surface area contributed by atoms with Crippen LogP contribution in [0.15, 0.2) is 18.2 Å². The third kappa shape index (κ3) is 3.01. The smallest absolute Gasteiger partial charge is 0.159 e. The number of rotatable bonds is 4. The van der Waals surface area contributed by atoms with Crippen LogP contribution in [0.5, 0.6) is 0 Å². The Balaban J connectivity index is 1.97. The van der Waals surface area contributed by atoms with Crippen LogP contribution in [0.2, 0.25) is 0 Å². The Labute approximate surface area is 100 Å². The predicted octanol–water partition coefficient (Wildman–Crippen LogP) is 2.40. The first-order valence-electron chi connectivity index (χ1n) is 5.87. The van der Waals surface area contributed by atoms with Crippen molar-refractivity contribution >= 4 is 0 Å². The summed E-state index contributed by atoms with van der Waals surface area (Å²) >= 11 is 0. The van der Waals surface area contributed by atoms with Gasteiger partial charge in [0.25, 0.3) is 0 Å². The van der Waals surface area contributed by atoms with Crippen LogP contribution < -0.4 is 0 Å². The molecule has 1 aliphatic heterocycles. The fourth-order valence-electron chi connectivity index (χ4n) is 2.29. The Morgan fingerprint density at radius 3 is 2.88 bits per heavy atom. The van der Waals surface area contributed by atoms with Gasteiger partial charge in [-0.2, -0.15) is 0 Å². The van der Waals surface area contributed by atoms with Gasteiger partial charge >= 0.3 is 0 Å². The number of likely N-dealkylation sites (tertiary alicyclic amines) is 1. The van der Waals surface area contributed by atoms with Gasteiger partial charge in [0.1, 0.15) is 0 Å². The molecule has 4 heteroatoms.